The van der Waals surface area contributed by atoms with Crippen LogP contribution >= 0.6 is 45.2 Å². The van der Waals surface area contributed by atoms with Crippen LogP contribution in [0.2, 0.25) is 0 Å². The SMILES string of the molecule is CCCCC(I)(I)C(O)(O)O. The van der Waals surface area contributed by atoms with Gasteiger partial charge in [0, 0.05) is 0 Å². The number of hydrogen-bond acceptors (Lipinski definition) is 3. The van der Waals surface area contributed by atoms with Crippen molar-refractivity contribution in [2.24, 2.45) is 0 Å². The summed E-state index contributed by atoms with van der Waals surface area (Å²) in [4.78, 5) is 0. The first-order chi connectivity index (χ1) is 4.81. The van der Waals surface area contributed by atoms with Crippen LogP contribution in [0.25, 0.3) is 0 Å². The van der Waals surface area contributed by atoms with Gasteiger partial charge >= 0.3 is 0 Å². The quantitative estimate of drug-likeness (QED) is 0.389. The Morgan fingerprint density at radius 3 is 1.91 bits per heavy atom. The molecule has 0 rings (SSSR count). The summed E-state index contributed by atoms with van der Waals surface area (Å²) in [6, 6.07) is 0. The average Bonchev–Trinajstić information content (AvgIpc) is 1.81. The average molecular weight is 386 g/mol. The van der Waals surface area contributed by atoms with Crippen LogP contribution in [0.4, 0.5) is 0 Å². The molecule has 0 heterocycles. The maximum Gasteiger partial charge on any atom is 0.300 e. The number of alkyl halides is 2. The van der Waals surface area contributed by atoms with Gasteiger partial charge in [-0.3, -0.25) is 0 Å². The molecule has 0 aromatic heterocycles. The Morgan fingerprint density at radius 2 is 1.64 bits per heavy atom. The van der Waals surface area contributed by atoms with E-state index in [4.69, 9.17) is 15.3 Å². The molecule has 0 saturated carbocycles. The van der Waals surface area contributed by atoms with Crippen molar-refractivity contribution in [1.82, 2.24) is 0 Å². The number of unbranched alkanes of at least 4 members (excludes halogenated alkanes) is 1. The molecule has 3 nitrogen and oxygen atoms in total. The topological polar surface area (TPSA) is 60.7 Å². The van der Waals surface area contributed by atoms with Crippen molar-refractivity contribution in [2.75, 3.05) is 0 Å². The first kappa shape index (κ1) is 12.3. The summed E-state index contributed by atoms with van der Waals surface area (Å²) in [5.41, 5.74) is 0. The maximum atomic E-state index is 8.87. The van der Waals surface area contributed by atoms with E-state index < -0.39 is 7.40 Å². The zero-order valence-electron chi connectivity index (χ0n) is 6.22. The molecule has 11 heavy (non-hydrogen) atoms. The lowest BCUT2D eigenvalue weighted by molar-refractivity contribution is -0.310. The van der Waals surface area contributed by atoms with Crippen LogP contribution in [0.1, 0.15) is 26.2 Å². The molecule has 5 heteroatoms. The largest absolute Gasteiger partial charge is 0.342 e. The molecule has 0 aliphatic rings. The Bertz CT molecular complexity index is 119. The minimum absolute atomic E-state index is 0.577. The maximum absolute atomic E-state index is 8.87. The highest BCUT2D eigenvalue weighted by Gasteiger charge is 2.43. The summed E-state index contributed by atoms with van der Waals surface area (Å²) in [5.74, 6) is -2.58. The number of aliphatic hydroxyl groups is 3. The summed E-state index contributed by atoms with van der Waals surface area (Å²) in [6.45, 7) is 2.01. The van der Waals surface area contributed by atoms with Crippen LogP contribution in [0.3, 0.4) is 0 Å². The number of hydrogen-bond donors (Lipinski definition) is 3. The molecule has 0 saturated heterocycles. The smallest absolute Gasteiger partial charge is 0.300 e. The van der Waals surface area contributed by atoms with E-state index in [-0.39, 0.29) is 0 Å². The van der Waals surface area contributed by atoms with Crippen LogP contribution in [-0.2, 0) is 0 Å². The Morgan fingerprint density at radius 1 is 1.18 bits per heavy atom. The van der Waals surface area contributed by atoms with Gasteiger partial charge in [0.05, 0.1) is 0 Å². The van der Waals surface area contributed by atoms with Gasteiger partial charge in [0.1, 0.15) is 0 Å². The third-order valence-corrected chi connectivity index (χ3v) is 3.86. The first-order valence-electron chi connectivity index (χ1n) is 3.36. The predicted molar refractivity (Wildman–Crippen MR) is 59.7 cm³/mol. The summed E-state index contributed by atoms with van der Waals surface area (Å²) in [7, 11) is 0. The van der Waals surface area contributed by atoms with Crippen molar-refractivity contribution >= 4 is 45.2 Å². The standard InChI is InChI=1S/C6H12I2O3/c1-2-3-4-5(7,8)6(9,10)11/h9-11H,2-4H2,1H3. The van der Waals surface area contributed by atoms with Gasteiger partial charge < -0.3 is 15.3 Å². The van der Waals surface area contributed by atoms with Crippen molar-refractivity contribution in [3.63, 3.8) is 0 Å². The lowest BCUT2D eigenvalue weighted by atomic mass is 10.2. The van der Waals surface area contributed by atoms with Gasteiger partial charge in [-0.25, -0.2) is 0 Å². The minimum Gasteiger partial charge on any atom is -0.342 e. The Labute approximate surface area is 93.5 Å². The Kier molecular flexibility index (Phi) is 5.09. The van der Waals surface area contributed by atoms with Gasteiger partial charge in [-0.1, -0.05) is 64.9 Å². The van der Waals surface area contributed by atoms with Crippen molar-refractivity contribution in [2.45, 2.75) is 33.6 Å². The van der Waals surface area contributed by atoms with Crippen LogP contribution in [-0.4, -0.2) is 22.7 Å². The fourth-order valence-electron chi connectivity index (χ4n) is 0.567. The van der Waals surface area contributed by atoms with E-state index in [1.807, 2.05) is 52.1 Å². The van der Waals surface area contributed by atoms with Crippen LogP contribution in [0, 0.1) is 0 Å². The minimum atomic E-state index is -2.58. The third-order valence-electron chi connectivity index (χ3n) is 1.34. The van der Waals surface area contributed by atoms with E-state index in [2.05, 4.69) is 0 Å². The molecule has 0 aromatic carbocycles. The summed E-state index contributed by atoms with van der Waals surface area (Å²) in [6.07, 6.45) is 2.42. The molecule has 0 aromatic rings. The van der Waals surface area contributed by atoms with Crippen molar-refractivity contribution in [3.8, 4) is 0 Å². The molecule has 0 bridgehead atoms. The van der Waals surface area contributed by atoms with Crippen LogP contribution in [0.5, 0.6) is 0 Å². The highest BCUT2D eigenvalue weighted by Crippen LogP contribution is 2.40. The predicted octanol–water partition coefficient (Wildman–Crippen LogP) is 1.37. The zero-order valence-corrected chi connectivity index (χ0v) is 10.5. The van der Waals surface area contributed by atoms with Gasteiger partial charge in [0.15, 0.2) is 1.43 Å². The molecule has 0 radical (unpaired) electrons. The van der Waals surface area contributed by atoms with Crippen molar-refractivity contribution in [1.29, 1.82) is 0 Å². The molecule has 0 amide bonds. The van der Waals surface area contributed by atoms with Gasteiger partial charge in [0.25, 0.3) is 5.97 Å². The summed E-state index contributed by atoms with van der Waals surface area (Å²) < 4.78 is -0.904. The van der Waals surface area contributed by atoms with Gasteiger partial charge in [-0.15, -0.1) is 0 Å². The fraction of sp³-hybridized carbons (Fsp3) is 1.00. The summed E-state index contributed by atoms with van der Waals surface area (Å²) >= 11 is 3.68. The van der Waals surface area contributed by atoms with E-state index >= 15 is 0 Å². The molecule has 0 unspecified atom stereocenters. The molecule has 0 spiro atoms. The molecule has 0 atom stereocenters. The van der Waals surface area contributed by atoms with E-state index in [0.29, 0.717) is 6.42 Å². The monoisotopic (exact) mass is 386 g/mol. The van der Waals surface area contributed by atoms with Gasteiger partial charge in [-0.2, -0.15) is 0 Å². The second-order valence-corrected chi connectivity index (χ2v) is 8.19. The highest BCUT2D eigenvalue weighted by molar-refractivity contribution is 14.2. The fourth-order valence-corrected chi connectivity index (χ4v) is 1.33. The third kappa shape index (κ3) is 4.20. The van der Waals surface area contributed by atoms with E-state index in [0.717, 1.165) is 12.8 Å². The van der Waals surface area contributed by atoms with Crippen molar-refractivity contribution < 1.29 is 15.3 Å². The first-order valence-corrected chi connectivity index (χ1v) is 5.52. The normalized spacial score (nSPS) is 13.6. The molecule has 0 aliphatic carbocycles. The second-order valence-electron chi connectivity index (χ2n) is 2.44. The Balaban J connectivity index is 4.00. The molecule has 0 aliphatic heterocycles. The van der Waals surface area contributed by atoms with Crippen molar-refractivity contribution in [3.05, 3.63) is 0 Å². The highest BCUT2D eigenvalue weighted by atomic mass is 127. The molecule has 0 fully saturated rings. The zero-order chi connectivity index (χ0) is 9.12. The number of rotatable bonds is 4. The molecular formula is C6H12I2O3. The lowest BCUT2D eigenvalue weighted by Gasteiger charge is -2.29. The number of halogens is 2. The molecular weight excluding hydrogens is 374 g/mol. The lowest BCUT2D eigenvalue weighted by Crippen LogP contribution is -2.45. The second kappa shape index (κ2) is 4.54. The van der Waals surface area contributed by atoms with E-state index in [1.165, 1.54) is 0 Å². The van der Waals surface area contributed by atoms with Gasteiger partial charge in [0.2, 0.25) is 0 Å². The summed E-state index contributed by atoms with van der Waals surface area (Å²) in [5, 5.41) is 26.6. The van der Waals surface area contributed by atoms with E-state index in [9.17, 15) is 0 Å². The van der Waals surface area contributed by atoms with Gasteiger partial charge in [-0.05, 0) is 6.42 Å². The molecule has 3 N–H and O–H groups in total. The molecule has 68 valence electrons. The van der Waals surface area contributed by atoms with Crippen LogP contribution in [0.15, 0.2) is 0 Å². The van der Waals surface area contributed by atoms with E-state index in [1.54, 1.807) is 0 Å². The Hall–Kier alpha value is 1.34. The van der Waals surface area contributed by atoms with Crippen LogP contribution < -0.4 is 0 Å².